The number of carbonyl (C=O) groups is 1. The molecule has 0 aliphatic rings. The van der Waals surface area contributed by atoms with Crippen LogP contribution in [-0.2, 0) is 11.3 Å². The summed E-state index contributed by atoms with van der Waals surface area (Å²) in [4.78, 5) is 12.1. The SMILES string of the molecule is C=CCn1c(SCC(=O)Nc2ccccc2F)nnc1-c1ccc(F)cc1. The lowest BCUT2D eigenvalue weighted by atomic mass is 10.2. The number of halogens is 2. The van der Waals surface area contributed by atoms with E-state index in [4.69, 9.17) is 0 Å². The molecule has 1 amide bonds. The molecule has 0 fully saturated rings. The Morgan fingerprint density at radius 1 is 1.15 bits per heavy atom. The van der Waals surface area contributed by atoms with Crippen LogP contribution in [0.5, 0.6) is 0 Å². The van der Waals surface area contributed by atoms with Crippen molar-refractivity contribution in [1.29, 1.82) is 0 Å². The lowest BCUT2D eigenvalue weighted by molar-refractivity contribution is -0.113. The largest absolute Gasteiger partial charge is 0.323 e. The van der Waals surface area contributed by atoms with Crippen LogP contribution < -0.4 is 5.32 Å². The van der Waals surface area contributed by atoms with Crippen LogP contribution in [0.2, 0.25) is 0 Å². The quantitative estimate of drug-likeness (QED) is 0.490. The maximum atomic E-state index is 13.6. The molecule has 3 rings (SSSR count). The highest BCUT2D eigenvalue weighted by molar-refractivity contribution is 7.99. The van der Waals surface area contributed by atoms with Gasteiger partial charge in [-0.15, -0.1) is 16.8 Å². The topological polar surface area (TPSA) is 59.8 Å². The molecular weight excluding hydrogens is 370 g/mol. The number of nitrogens with zero attached hydrogens (tertiary/aromatic N) is 3. The molecule has 0 atom stereocenters. The highest BCUT2D eigenvalue weighted by Gasteiger charge is 2.15. The van der Waals surface area contributed by atoms with Crippen LogP contribution in [0, 0.1) is 11.6 Å². The highest BCUT2D eigenvalue weighted by atomic mass is 32.2. The first-order valence-electron chi connectivity index (χ1n) is 8.05. The molecule has 138 valence electrons. The molecule has 8 heteroatoms. The van der Waals surface area contributed by atoms with Gasteiger partial charge in [-0.2, -0.15) is 0 Å². The maximum Gasteiger partial charge on any atom is 0.234 e. The van der Waals surface area contributed by atoms with Gasteiger partial charge in [-0.1, -0.05) is 30.0 Å². The number of para-hydroxylation sites is 1. The van der Waals surface area contributed by atoms with E-state index in [1.165, 1.54) is 36.0 Å². The van der Waals surface area contributed by atoms with Crippen LogP contribution >= 0.6 is 11.8 Å². The zero-order valence-corrected chi connectivity index (χ0v) is 15.0. The summed E-state index contributed by atoms with van der Waals surface area (Å²) in [6, 6.07) is 11.9. The summed E-state index contributed by atoms with van der Waals surface area (Å²) < 4.78 is 28.5. The Morgan fingerprint density at radius 2 is 1.89 bits per heavy atom. The molecule has 2 aromatic carbocycles. The summed E-state index contributed by atoms with van der Waals surface area (Å²) in [6.45, 7) is 4.15. The van der Waals surface area contributed by atoms with Gasteiger partial charge in [0, 0.05) is 12.1 Å². The summed E-state index contributed by atoms with van der Waals surface area (Å²) in [5.41, 5.74) is 0.830. The van der Waals surface area contributed by atoms with Crippen molar-refractivity contribution in [3.63, 3.8) is 0 Å². The van der Waals surface area contributed by atoms with Crippen LogP contribution in [0.1, 0.15) is 0 Å². The predicted molar refractivity (Wildman–Crippen MR) is 101 cm³/mol. The van der Waals surface area contributed by atoms with Crippen molar-refractivity contribution in [2.75, 3.05) is 11.1 Å². The van der Waals surface area contributed by atoms with E-state index < -0.39 is 5.82 Å². The molecule has 1 heterocycles. The average Bonchev–Trinajstić information content (AvgIpc) is 3.06. The summed E-state index contributed by atoms with van der Waals surface area (Å²) in [6.07, 6.45) is 1.68. The van der Waals surface area contributed by atoms with Crippen LogP contribution in [0.15, 0.2) is 66.3 Å². The monoisotopic (exact) mass is 386 g/mol. The highest BCUT2D eigenvalue weighted by Crippen LogP contribution is 2.24. The average molecular weight is 386 g/mol. The second-order valence-electron chi connectivity index (χ2n) is 5.53. The standard InChI is InChI=1S/C19H16F2N4OS/c1-2-11-25-18(13-7-9-14(20)10-8-13)23-24-19(25)27-12-17(26)22-16-6-4-3-5-15(16)21/h2-10H,1,11-12H2,(H,22,26). The first kappa shape index (κ1) is 18.8. The molecule has 3 aromatic rings. The minimum absolute atomic E-state index is 0.0348. The number of rotatable bonds is 7. The van der Waals surface area contributed by atoms with Gasteiger partial charge in [0.15, 0.2) is 11.0 Å². The molecule has 0 saturated heterocycles. The Labute approximate surface area is 159 Å². The van der Waals surface area contributed by atoms with E-state index in [1.54, 1.807) is 34.9 Å². The lowest BCUT2D eigenvalue weighted by Crippen LogP contribution is -2.15. The van der Waals surface area contributed by atoms with Gasteiger partial charge < -0.3 is 5.32 Å². The van der Waals surface area contributed by atoms with Crippen molar-refractivity contribution < 1.29 is 13.6 Å². The summed E-state index contributed by atoms with van der Waals surface area (Å²) >= 11 is 1.17. The van der Waals surface area contributed by atoms with Gasteiger partial charge in [0.25, 0.3) is 0 Å². The molecule has 0 spiro atoms. The van der Waals surface area contributed by atoms with Gasteiger partial charge in [0.05, 0.1) is 11.4 Å². The van der Waals surface area contributed by atoms with Crippen molar-refractivity contribution in [3.8, 4) is 11.4 Å². The Balaban J connectivity index is 1.73. The van der Waals surface area contributed by atoms with E-state index in [0.29, 0.717) is 23.1 Å². The third-order valence-corrected chi connectivity index (χ3v) is 4.58. The molecule has 27 heavy (non-hydrogen) atoms. The minimum atomic E-state index is -0.496. The molecule has 0 unspecified atom stereocenters. The number of amides is 1. The summed E-state index contributed by atoms with van der Waals surface area (Å²) in [5.74, 6) is -0.613. The number of hydrogen-bond donors (Lipinski definition) is 1. The van der Waals surface area contributed by atoms with Crippen molar-refractivity contribution in [2.24, 2.45) is 0 Å². The Morgan fingerprint density at radius 3 is 2.59 bits per heavy atom. The van der Waals surface area contributed by atoms with Gasteiger partial charge >= 0.3 is 0 Å². The molecule has 0 bridgehead atoms. The van der Waals surface area contributed by atoms with Crippen molar-refractivity contribution in [2.45, 2.75) is 11.7 Å². The first-order chi connectivity index (χ1) is 13.1. The van der Waals surface area contributed by atoms with Crippen LogP contribution in [0.25, 0.3) is 11.4 Å². The van der Waals surface area contributed by atoms with Gasteiger partial charge in [-0.05, 0) is 36.4 Å². The maximum absolute atomic E-state index is 13.6. The van der Waals surface area contributed by atoms with Gasteiger partial charge in [0.1, 0.15) is 11.6 Å². The Kier molecular flexibility index (Phi) is 5.97. The predicted octanol–water partition coefficient (Wildman–Crippen LogP) is 4.14. The van der Waals surface area contributed by atoms with Crippen LogP contribution in [0.4, 0.5) is 14.5 Å². The second kappa shape index (κ2) is 8.59. The van der Waals surface area contributed by atoms with Crippen molar-refractivity contribution in [3.05, 3.63) is 72.8 Å². The van der Waals surface area contributed by atoms with E-state index in [0.717, 1.165) is 0 Å². The fraction of sp³-hybridized carbons (Fsp3) is 0.105. The summed E-state index contributed by atoms with van der Waals surface area (Å²) in [5, 5.41) is 11.3. The van der Waals surface area contributed by atoms with Crippen LogP contribution in [-0.4, -0.2) is 26.4 Å². The third kappa shape index (κ3) is 4.59. The molecule has 1 aromatic heterocycles. The number of carbonyl (C=O) groups excluding carboxylic acids is 1. The number of anilines is 1. The number of nitrogens with one attached hydrogen (secondary N) is 1. The first-order valence-corrected chi connectivity index (χ1v) is 9.04. The van der Waals surface area contributed by atoms with E-state index in [1.807, 2.05) is 0 Å². The Hall–Kier alpha value is -3.00. The molecule has 0 radical (unpaired) electrons. The number of aromatic nitrogens is 3. The van der Waals surface area contributed by atoms with Crippen molar-refractivity contribution >= 4 is 23.4 Å². The van der Waals surface area contributed by atoms with E-state index in [-0.39, 0.29) is 23.2 Å². The second-order valence-corrected chi connectivity index (χ2v) is 6.47. The summed E-state index contributed by atoms with van der Waals surface area (Å²) in [7, 11) is 0. The molecule has 0 aliphatic heterocycles. The number of benzene rings is 2. The smallest absolute Gasteiger partial charge is 0.234 e. The number of thioether (sulfide) groups is 1. The van der Waals surface area contributed by atoms with E-state index >= 15 is 0 Å². The molecule has 0 aliphatic carbocycles. The normalized spacial score (nSPS) is 10.6. The van der Waals surface area contributed by atoms with Crippen LogP contribution in [0.3, 0.4) is 0 Å². The molecule has 0 saturated carbocycles. The molecular formula is C19H16F2N4OS. The fourth-order valence-electron chi connectivity index (χ4n) is 2.38. The van der Waals surface area contributed by atoms with Gasteiger partial charge in [-0.25, -0.2) is 8.78 Å². The number of hydrogen-bond acceptors (Lipinski definition) is 4. The third-order valence-electron chi connectivity index (χ3n) is 3.61. The lowest BCUT2D eigenvalue weighted by Gasteiger charge is -2.08. The zero-order valence-electron chi connectivity index (χ0n) is 14.2. The van der Waals surface area contributed by atoms with E-state index in [2.05, 4.69) is 22.1 Å². The van der Waals surface area contributed by atoms with E-state index in [9.17, 15) is 13.6 Å². The molecule has 1 N–H and O–H groups in total. The van der Waals surface area contributed by atoms with Crippen molar-refractivity contribution in [1.82, 2.24) is 14.8 Å². The minimum Gasteiger partial charge on any atom is -0.323 e. The fourth-order valence-corrected chi connectivity index (χ4v) is 3.13. The number of allylic oxidation sites excluding steroid dienone is 1. The zero-order chi connectivity index (χ0) is 19.2. The molecule has 5 nitrogen and oxygen atoms in total. The Bertz CT molecular complexity index is 957. The van der Waals surface area contributed by atoms with Gasteiger partial charge in [-0.3, -0.25) is 9.36 Å². The van der Waals surface area contributed by atoms with Gasteiger partial charge in [0.2, 0.25) is 5.91 Å².